The molecule has 0 aliphatic carbocycles. The molecule has 23 heavy (non-hydrogen) atoms. The van der Waals surface area contributed by atoms with Crippen molar-refractivity contribution in [1.82, 2.24) is 0 Å². The number of nitrogens with two attached hydrogens (primary N) is 1. The van der Waals surface area contributed by atoms with E-state index in [0.717, 1.165) is 0 Å². The van der Waals surface area contributed by atoms with Crippen LogP contribution in [0.2, 0.25) is 0 Å². The van der Waals surface area contributed by atoms with E-state index in [1.54, 1.807) is 0 Å². The molecule has 1 rings (SSSR count). The first-order valence-corrected chi connectivity index (χ1v) is 6.33. The minimum absolute atomic E-state index is 0.0950. The van der Waals surface area contributed by atoms with E-state index in [4.69, 9.17) is 9.84 Å². The highest BCUT2D eigenvalue weighted by Gasteiger charge is 2.19. The number of benzene rings is 1. The minimum Gasteiger partial charge on any atom is -0.601 e. The quantitative estimate of drug-likeness (QED) is 0.252. The van der Waals surface area contributed by atoms with Gasteiger partial charge in [-0.2, -0.15) is 0 Å². The van der Waals surface area contributed by atoms with Gasteiger partial charge in [-0.25, -0.2) is 15.3 Å². The number of esters is 1. The van der Waals surface area contributed by atoms with Crippen molar-refractivity contribution in [2.75, 3.05) is 6.61 Å². The summed E-state index contributed by atoms with van der Waals surface area (Å²) in [5.41, 5.74) is -0.0965. The van der Waals surface area contributed by atoms with Gasteiger partial charge in [-0.3, -0.25) is 4.79 Å². The number of ether oxygens (including phenoxy) is 1. The van der Waals surface area contributed by atoms with Crippen LogP contribution >= 0.6 is 0 Å². The Balaban J connectivity index is 2.58. The molecule has 1 atom stereocenters. The summed E-state index contributed by atoms with van der Waals surface area (Å²) >= 11 is 0. The second kappa shape index (κ2) is 9.30. The molecule has 0 aromatic heterocycles. The molecular formula is C12H14N2O9. The Morgan fingerprint density at radius 2 is 2.04 bits per heavy atom. The third kappa shape index (κ3) is 6.69. The van der Waals surface area contributed by atoms with Crippen LogP contribution < -0.4 is 10.4 Å². The summed E-state index contributed by atoms with van der Waals surface area (Å²) in [6.07, 6.45) is -1.57. The molecule has 0 heterocycles. The lowest BCUT2D eigenvalue weighted by Crippen LogP contribution is -2.76. The summed E-state index contributed by atoms with van der Waals surface area (Å²) in [6.45, 7) is -0.399. The molecule has 0 radical (unpaired) electrons. The van der Waals surface area contributed by atoms with Crippen LogP contribution in [0.5, 0.6) is 5.75 Å². The zero-order valence-corrected chi connectivity index (χ0v) is 11.7. The summed E-state index contributed by atoms with van der Waals surface area (Å²) in [5.74, 6) is -2.20. The maximum Gasteiger partial charge on any atom is 0.339 e. The smallest absolute Gasteiger partial charge is 0.339 e. The number of carboxylic acids is 1. The summed E-state index contributed by atoms with van der Waals surface area (Å²) in [6, 6.07) is 5.54. The largest absolute Gasteiger partial charge is 0.601 e. The molecule has 0 spiro atoms. The first kappa shape index (κ1) is 18.3. The third-order valence-electron chi connectivity index (χ3n) is 2.60. The van der Waals surface area contributed by atoms with Crippen molar-refractivity contribution < 1.29 is 39.8 Å². The molecule has 0 saturated carbocycles. The van der Waals surface area contributed by atoms with Gasteiger partial charge in [0.2, 0.25) is 0 Å². The fraction of sp³-hybridized carbons (Fsp3) is 0.333. The van der Waals surface area contributed by atoms with Gasteiger partial charge in [0.15, 0.2) is 0 Å². The van der Waals surface area contributed by atoms with Gasteiger partial charge in [0.25, 0.3) is 5.09 Å². The van der Waals surface area contributed by atoms with Crippen LogP contribution in [0.4, 0.5) is 0 Å². The van der Waals surface area contributed by atoms with E-state index < -0.39 is 29.7 Å². The molecule has 1 unspecified atom stereocenters. The lowest BCUT2D eigenvalue weighted by atomic mass is 10.2. The van der Waals surface area contributed by atoms with E-state index in [9.17, 15) is 24.9 Å². The van der Waals surface area contributed by atoms with Crippen molar-refractivity contribution in [3.8, 4) is 5.75 Å². The average molecular weight is 330 g/mol. The maximum absolute atomic E-state index is 11.7. The number of hydrogen-bond donors (Lipinski definition) is 2. The number of nitrogens with zero attached hydrogens (tertiary/aromatic N) is 1. The summed E-state index contributed by atoms with van der Waals surface area (Å²) < 4.78 is 4.91. The Hall–Kier alpha value is -2.76. The lowest BCUT2D eigenvalue weighted by molar-refractivity contribution is -0.857. The zero-order valence-electron chi connectivity index (χ0n) is 11.7. The molecular weight excluding hydrogens is 316 g/mol. The number of carboxylic acid groups (broad SMARTS) is 1. The van der Waals surface area contributed by atoms with E-state index in [0.29, 0.717) is 0 Å². The first-order chi connectivity index (χ1) is 10.9. The van der Waals surface area contributed by atoms with Gasteiger partial charge >= 0.3 is 11.9 Å². The van der Waals surface area contributed by atoms with E-state index >= 15 is 0 Å². The highest BCUT2D eigenvalue weighted by Crippen LogP contribution is 2.18. The summed E-state index contributed by atoms with van der Waals surface area (Å²) in [7, 11) is 0. The van der Waals surface area contributed by atoms with Crippen molar-refractivity contribution >= 4 is 11.9 Å². The zero-order chi connectivity index (χ0) is 17.2. The average Bonchev–Trinajstić information content (AvgIpc) is 2.50. The molecule has 0 aliphatic rings. The van der Waals surface area contributed by atoms with E-state index in [1.807, 2.05) is 0 Å². The van der Waals surface area contributed by atoms with Gasteiger partial charge in [0.1, 0.15) is 24.0 Å². The standard InChI is InChI=1S/C12H14N2O9/c15-11(6-5-8(7-21-13-18)23-14(19)20)22-10-4-2-1-3-9(10)12(16)17/h1-4,8H,5-7,13H2,(H,16,17). The SMILES string of the molecule is O=C(CCC(CO[NH2+][O-])O[N+](=O)[O-])Oc1ccccc1C(=O)O. The number of carbonyl (C=O) groups is 2. The number of para-hydroxylation sites is 1. The molecule has 3 N–H and O–H groups in total. The van der Waals surface area contributed by atoms with Crippen molar-refractivity contribution in [2.24, 2.45) is 0 Å². The van der Waals surface area contributed by atoms with Crippen LogP contribution in [-0.2, 0) is 14.5 Å². The van der Waals surface area contributed by atoms with Crippen molar-refractivity contribution in [2.45, 2.75) is 18.9 Å². The van der Waals surface area contributed by atoms with Crippen molar-refractivity contribution in [1.29, 1.82) is 0 Å². The minimum atomic E-state index is -1.26. The lowest BCUT2D eigenvalue weighted by Gasteiger charge is -2.13. The Morgan fingerprint density at radius 3 is 2.65 bits per heavy atom. The highest BCUT2D eigenvalue weighted by atomic mass is 17.0. The van der Waals surface area contributed by atoms with E-state index in [2.05, 4.69) is 9.68 Å². The van der Waals surface area contributed by atoms with Gasteiger partial charge in [-0.05, 0) is 18.6 Å². The predicted octanol–water partition coefficient (Wildman–Crippen LogP) is -0.360. The van der Waals surface area contributed by atoms with Gasteiger partial charge in [0, 0.05) is 6.42 Å². The number of hydrogen-bond acceptors (Lipinski definition) is 8. The topological polar surface area (TPSA) is 165 Å². The summed E-state index contributed by atoms with van der Waals surface area (Å²) in [5, 5.41) is 28.3. The molecule has 0 saturated heterocycles. The summed E-state index contributed by atoms with van der Waals surface area (Å²) in [4.78, 5) is 41.6. The molecule has 0 bridgehead atoms. The number of aromatic carboxylic acids is 1. The molecule has 0 fully saturated rings. The van der Waals surface area contributed by atoms with E-state index in [1.165, 1.54) is 24.3 Å². The van der Waals surface area contributed by atoms with Gasteiger partial charge < -0.3 is 19.9 Å². The predicted molar refractivity (Wildman–Crippen MR) is 71.4 cm³/mol. The maximum atomic E-state index is 11.7. The molecule has 0 aliphatic heterocycles. The van der Waals surface area contributed by atoms with Crippen LogP contribution in [-0.4, -0.2) is 34.8 Å². The van der Waals surface area contributed by atoms with Crippen LogP contribution in [0.15, 0.2) is 24.3 Å². The number of quaternary nitrogens is 1. The van der Waals surface area contributed by atoms with Crippen LogP contribution in [0.3, 0.4) is 0 Å². The Bertz CT molecular complexity index is 563. The number of rotatable bonds is 10. The van der Waals surface area contributed by atoms with Crippen LogP contribution in [0.25, 0.3) is 0 Å². The third-order valence-corrected chi connectivity index (χ3v) is 2.60. The van der Waals surface area contributed by atoms with Crippen molar-refractivity contribution in [3.05, 3.63) is 45.2 Å². The normalized spacial score (nSPS) is 11.5. The fourth-order valence-corrected chi connectivity index (χ4v) is 1.62. The van der Waals surface area contributed by atoms with Gasteiger partial charge in [-0.1, -0.05) is 12.1 Å². The van der Waals surface area contributed by atoms with Crippen LogP contribution in [0.1, 0.15) is 23.2 Å². The Labute approximate surface area is 129 Å². The second-order valence-electron chi connectivity index (χ2n) is 4.19. The van der Waals surface area contributed by atoms with Gasteiger partial charge in [0.05, 0.1) is 0 Å². The van der Waals surface area contributed by atoms with Crippen LogP contribution in [0, 0.1) is 15.3 Å². The Morgan fingerprint density at radius 1 is 1.35 bits per heavy atom. The molecule has 1 aromatic rings. The molecule has 0 amide bonds. The second-order valence-corrected chi connectivity index (χ2v) is 4.19. The van der Waals surface area contributed by atoms with Crippen molar-refractivity contribution in [3.63, 3.8) is 0 Å². The Kier molecular flexibility index (Phi) is 7.39. The van der Waals surface area contributed by atoms with E-state index in [-0.39, 0.29) is 29.8 Å². The molecule has 1 aromatic carbocycles. The first-order valence-electron chi connectivity index (χ1n) is 6.33. The molecule has 126 valence electrons. The highest BCUT2D eigenvalue weighted by molar-refractivity contribution is 5.91. The molecule has 11 nitrogen and oxygen atoms in total. The number of carbonyl (C=O) groups excluding carboxylic acids is 1. The monoisotopic (exact) mass is 330 g/mol. The van der Waals surface area contributed by atoms with Gasteiger partial charge in [-0.15, -0.1) is 10.1 Å². The molecule has 11 heteroatoms. The fourth-order valence-electron chi connectivity index (χ4n) is 1.62.